The van der Waals surface area contributed by atoms with E-state index in [4.69, 9.17) is 0 Å². The summed E-state index contributed by atoms with van der Waals surface area (Å²) >= 11 is 0. The van der Waals surface area contributed by atoms with Crippen molar-refractivity contribution in [1.82, 2.24) is 20.1 Å². The maximum absolute atomic E-state index is 12.5. The number of amides is 2. The average Bonchev–Trinajstić information content (AvgIpc) is 3.45. The van der Waals surface area contributed by atoms with E-state index in [2.05, 4.69) is 39.6 Å². The molecule has 1 atom stereocenters. The monoisotopic (exact) mass is 354 g/mol. The van der Waals surface area contributed by atoms with Gasteiger partial charge in [0.05, 0.1) is 0 Å². The fraction of sp³-hybridized carbons (Fsp3) is 0.500. The quantitative estimate of drug-likeness (QED) is 0.852. The molecule has 1 aliphatic heterocycles. The number of rotatable bonds is 5. The van der Waals surface area contributed by atoms with E-state index in [1.807, 2.05) is 6.07 Å². The highest BCUT2D eigenvalue weighted by Gasteiger charge is 2.40. The minimum atomic E-state index is -0.371. The molecule has 2 aliphatic rings. The molecule has 2 amide bonds. The van der Waals surface area contributed by atoms with Gasteiger partial charge in [-0.3, -0.25) is 14.5 Å². The van der Waals surface area contributed by atoms with E-state index in [9.17, 15) is 9.59 Å². The third-order valence-corrected chi connectivity index (χ3v) is 5.60. The van der Waals surface area contributed by atoms with Crippen LogP contribution in [0.1, 0.15) is 18.4 Å². The Labute approximate surface area is 153 Å². The van der Waals surface area contributed by atoms with Crippen molar-refractivity contribution >= 4 is 22.7 Å². The number of H-pyrrole nitrogens is 1. The van der Waals surface area contributed by atoms with E-state index in [0.717, 1.165) is 37.9 Å². The van der Waals surface area contributed by atoms with Crippen LogP contribution in [0.3, 0.4) is 0 Å². The summed E-state index contributed by atoms with van der Waals surface area (Å²) in [6.07, 6.45) is 4.95. The lowest BCUT2D eigenvalue weighted by Gasteiger charge is -2.40. The van der Waals surface area contributed by atoms with Gasteiger partial charge in [-0.1, -0.05) is 18.2 Å². The Kier molecular flexibility index (Phi) is 4.68. The van der Waals surface area contributed by atoms with E-state index < -0.39 is 0 Å². The molecule has 1 unspecified atom stereocenters. The first-order valence-corrected chi connectivity index (χ1v) is 9.47. The standard InChI is InChI=1S/C20H26N4O2/c1-21-19(25)18-13-23(10-11-24(18)20(26)14-6-7-14)9-8-15-12-22-17-5-3-2-4-16(15)17/h2-5,12,14,18,22H,6-11,13H2,1H3,(H,21,25). The van der Waals surface area contributed by atoms with Crippen LogP contribution in [0.2, 0.25) is 0 Å². The maximum atomic E-state index is 12.5. The lowest BCUT2D eigenvalue weighted by atomic mass is 10.1. The van der Waals surface area contributed by atoms with E-state index in [-0.39, 0.29) is 23.8 Å². The summed E-state index contributed by atoms with van der Waals surface area (Å²) < 4.78 is 0. The number of carbonyl (C=O) groups is 2. The van der Waals surface area contributed by atoms with Crippen LogP contribution in [0, 0.1) is 5.92 Å². The smallest absolute Gasteiger partial charge is 0.243 e. The molecule has 1 aromatic carbocycles. The van der Waals surface area contributed by atoms with E-state index in [1.54, 1.807) is 11.9 Å². The van der Waals surface area contributed by atoms with Crippen LogP contribution in [0.25, 0.3) is 10.9 Å². The number of hydrogen-bond acceptors (Lipinski definition) is 3. The van der Waals surface area contributed by atoms with Gasteiger partial charge in [0, 0.05) is 56.2 Å². The van der Waals surface area contributed by atoms with Gasteiger partial charge in [0.1, 0.15) is 6.04 Å². The van der Waals surface area contributed by atoms with Gasteiger partial charge >= 0.3 is 0 Å². The molecule has 2 fully saturated rings. The first kappa shape index (κ1) is 17.1. The predicted octanol–water partition coefficient (Wildman–Crippen LogP) is 1.38. The van der Waals surface area contributed by atoms with Crippen molar-refractivity contribution in [3.8, 4) is 0 Å². The highest BCUT2D eigenvalue weighted by Crippen LogP contribution is 2.32. The van der Waals surface area contributed by atoms with Gasteiger partial charge in [-0.05, 0) is 30.9 Å². The molecule has 2 heterocycles. The highest BCUT2D eigenvalue weighted by atomic mass is 16.2. The average molecular weight is 354 g/mol. The Morgan fingerprint density at radius 2 is 2.04 bits per heavy atom. The molecular weight excluding hydrogens is 328 g/mol. The van der Waals surface area contributed by atoms with E-state index >= 15 is 0 Å². The second kappa shape index (κ2) is 7.11. The van der Waals surface area contributed by atoms with Crippen molar-refractivity contribution in [2.24, 2.45) is 5.92 Å². The van der Waals surface area contributed by atoms with Crippen molar-refractivity contribution < 1.29 is 9.59 Å². The molecule has 6 nitrogen and oxygen atoms in total. The van der Waals surface area contributed by atoms with Crippen LogP contribution in [0.15, 0.2) is 30.5 Å². The summed E-state index contributed by atoms with van der Waals surface area (Å²) in [5.41, 5.74) is 2.46. The molecule has 0 bridgehead atoms. The Bertz CT molecular complexity index is 811. The number of aromatic nitrogens is 1. The Morgan fingerprint density at radius 1 is 1.23 bits per heavy atom. The van der Waals surface area contributed by atoms with Crippen molar-refractivity contribution in [3.63, 3.8) is 0 Å². The van der Waals surface area contributed by atoms with Gasteiger partial charge in [0.25, 0.3) is 0 Å². The zero-order valence-electron chi connectivity index (χ0n) is 15.2. The zero-order chi connectivity index (χ0) is 18.1. The van der Waals surface area contributed by atoms with Crippen LogP contribution in [0.4, 0.5) is 0 Å². The summed E-state index contributed by atoms with van der Waals surface area (Å²) in [6.45, 7) is 2.97. The second-order valence-corrected chi connectivity index (χ2v) is 7.35. The van der Waals surface area contributed by atoms with Crippen LogP contribution < -0.4 is 5.32 Å². The van der Waals surface area contributed by atoms with Crippen molar-refractivity contribution in [1.29, 1.82) is 0 Å². The minimum Gasteiger partial charge on any atom is -0.361 e. The molecule has 0 spiro atoms. The number of aromatic amines is 1. The van der Waals surface area contributed by atoms with Crippen LogP contribution >= 0.6 is 0 Å². The fourth-order valence-electron chi connectivity index (χ4n) is 3.88. The normalized spacial score (nSPS) is 21.1. The number of likely N-dealkylation sites (N-methyl/N-ethyl adjacent to an activating group) is 1. The largest absolute Gasteiger partial charge is 0.361 e. The number of para-hydroxylation sites is 1. The lowest BCUT2D eigenvalue weighted by molar-refractivity contribution is -0.144. The number of benzene rings is 1. The number of hydrogen-bond donors (Lipinski definition) is 2. The molecule has 6 heteroatoms. The van der Waals surface area contributed by atoms with Gasteiger partial charge in [-0.15, -0.1) is 0 Å². The zero-order valence-corrected chi connectivity index (χ0v) is 15.2. The predicted molar refractivity (Wildman–Crippen MR) is 101 cm³/mol. The molecule has 26 heavy (non-hydrogen) atoms. The molecule has 2 aromatic rings. The fourth-order valence-corrected chi connectivity index (χ4v) is 3.88. The van der Waals surface area contributed by atoms with E-state index in [1.165, 1.54) is 10.9 Å². The van der Waals surface area contributed by atoms with Crippen molar-refractivity contribution in [3.05, 3.63) is 36.0 Å². The lowest BCUT2D eigenvalue weighted by Crippen LogP contribution is -2.60. The summed E-state index contributed by atoms with van der Waals surface area (Å²) in [4.78, 5) is 32.3. The molecule has 1 aliphatic carbocycles. The molecule has 4 rings (SSSR count). The Hall–Kier alpha value is -2.34. The third kappa shape index (κ3) is 3.33. The molecule has 138 valence electrons. The summed E-state index contributed by atoms with van der Waals surface area (Å²) in [6, 6.07) is 7.95. The van der Waals surface area contributed by atoms with Crippen LogP contribution in [-0.4, -0.2) is 65.9 Å². The molecule has 1 saturated carbocycles. The van der Waals surface area contributed by atoms with Gasteiger partial charge in [-0.2, -0.15) is 0 Å². The number of nitrogens with one attached hydrogen (secondary N) is 2. The van der Waals surface area contributed by atoms with Crippen molar-refractivity contribution in [2.75, 3.05) is 33.2 Å². The SMILES string of the molecule is CNC(=O)C1CN(CCc2c[nH]c3ccccc23)CCN1C(=O)C1CC1. The molecular formula is C20H26N4O2. The first-order chi connectivity index (χ1) is 12.7. The molecule has 1 saturated heterocycles. The Morgan fingerprint density at radius 3 is 2.81 bits per heavy atom. The number of nitrogens with zero attached hydrogens (tertiary/aromatic N) is 2. The van der Waals surface area contributed by atoms with Gasteiger partial charge in [0.15, 0.2) is 0 Å². The summed E-state index contributed by atoms with van der Waals surface area (Å²) in [5, 5.41) is 3.99. The van der Waals surface area contributed by atoms with Crippen molar-refractivity contribution in [2.45, 2.75) is 25.3 Å². The van der Waals surface area contributed by atoms with Gasteiger partial charge in [-0.25, -0.2) is 0 Å². The summed E-state index contributed by atoms with van der Waals surface area (Å²) in [7, 11) is 1.65. The Balaban J connectivity index is 1.41. The third-order valence-electron chi connectivity index (χ3n) is 5.60. The second-order valence-electron chi connectivity index (χ2n) is 7.35. The first-order valence-electron chi connectivity index (χ1n) is 9.47. The molecule has 2 N–H and O–H groups in total. The molecule has 1 aromatic heterocycles. The summed E-state index contributed by atoms with van der Waals surface area (Å²) in [5.74, 6) is 0.255. The topological polar surface area (TPSA) is 68.4 Å². The van der Waals surface area contributed by atoms with E-state index in [0.29, 0.717) is 13.1 Å². The number of carbonyl (C=O) groups excluding carboxylic acids is 2. The minimum absolute atomic E-state index is 0.0594. The maximum Gasteiger partial charge on any atom is 0.243 e. The highest BCUT2D eigenvalue weighted by molar-refractivity contribution is 5.89. The van der Waals surface area contributed by atoms with Crippen LogP contribution in [0.5, 0.6) is 0 Å². The molecule has 0 radical (unpaired) electrons. The van der Waals surface area contributed by atoms with Gasteiger partial charge in [0.2, 0.25) is 11.8 Å². The number of piperazine rings is 1. The number of fused-ring (bicyclic) bond motifs is 1. The van der Waals surface area contributed by atoms with Gasteiger partial charge < -0.3 is 15.2 Å². The van der Waals surface area contributed by atoms with Crippen LogP contribution in [-0.2, 0) is 16.0 Å².